The lowest BCUT2D eigenvalue weighted by Crippen LogP contribution is -2.46. The summed E-state index contributed by atoms with van der Waals surface area (Å²) in [5, 5.41) is 0. The van der Waals surface area contributed by atoms with Crippen LogP contribution >= 0.6 is 0 Å². The summed E-state index contributed by atoms with van der Waals surface area (Å²) in [6, 6.07) is 18.1. The van der Waals surface area contributed by atoms with Crippen molar-refractivity contribution in [2.75, 3.05) is 44.2 Å². The highest BCUT2D eigenvalue weighted by atomic mass is 16.2. The lowest BCUT2D eigenvalue weighted by molar-refractivity contribution is -0.128. The maximum atomic E-state index is 12.0. The summed E-state index contributed by atoms with van der Waals surface area (Å²) in [5.41, 5.74) is 5.39. The van der Waals surface area contributed by atoms with E-state index in [1.807, 2.05) is 4.90 Å². The van der Waals surface area contributed by atoms with E-state index in [0.29, 0.717) is 12.3 Å². The maximum Gasteiger partial charge on any atom is 0.223 e. The van der Waals surface area contributed by atoms with Gasteiger partial charge >= 0.3 is 0 Å². The number of likely N-dealkylation sites (tertiary alicyclic amines) is 1. The molecule has 2 heterocycles. The molecule has 1 atom stereocenters. The van der Waals surface area contributed by atoms with Crippen molar-refractivity contribution in [1.82, 2.24) is 9.80 Å². The Morgan fingerprint density at radius 2 is 1.77 bits per heavy atom. The Morgan fingerprint density at radius 1 is 1.00 bits per heavy atom. The van der Waals surface area contributed by atoms with Crippen LogP contribution in [0, 0.1) is 6.92 Å². The lowest BCUT2D eigenvalue weighted by Gasteiger charge is -2.36. The van der Waals surface area contributed by atoms with Gasteiger partial charge < -0.3 is 9.80 Å². The number of aryl methyl sites for hydroxylation is 2. The number of amides is 1. The van der Waals surface area contributed by atoms with Gasteiger partial charge in [0.15, 0.2) is 0 Å². The van der Waals surface area contributed by atoms with Gasteiger partial charge in [0.2, 0.25) is 5.91 Å². The molecule has 2 aliphatic rings. The van der Waals surface area contributed by atoms with Gasteiger partial charge in [0.25, 0.3) is 0 Å². The van der Waals surface area contributed by atoms with Crippen molar-refractivity contribution in [2.24, 2.45) is 0 Å². The van der Waals surface area contributed by atoms with E-state index in [4.69, 9.17) is 0 Å². The minimum atomic E-state index is 0.279. The Kier molecular flexibility index (Phi) is 6.73. The Balaban J connectivity index is 1.21. The highest BCUT2D eigenvalue weighted by Crippen LogP contribution is 2.32. The monoisotopic (exact) mass is 405 g/mol. The van der Waals surface area contributed by atoms with Crippen LogP contribution in [0.4, 0.5) is 5.69 Å². The molecule has 2 aromatic carbocycles. The highest BCUT2D eigenvalue weighted by Gasteiger charge is 2.30. The minimum Gasteiger partial charge on any atom is -0.369 e. The molecule has 0 saturated carbocycles. The molecule has 0 radical (unpaired) electrons. The van der Waals surface area contributed by atoms with Crippen LogP contribution in [0.25, 0.3) is 0 Å². The molecule has 2 fully saturated rings. The fraction of sp³-hybridized carbons (Fsp3) is 0.500. The van der Waals surface area contributed by atoms with Gasteiger partial charge in [-0.25, -0.2) is 0 Å². The van der Waals surface area contributed by atoms with E-state index in [-0.39, 0.29) is 6.04 Å². The Hall–Kier alpha value is -2.33. The van der Waals surface area contributed by atoms with E-state index >= 15 is 0 Å². The number of piperazine rings is 1. The molecule has 0 aromatic heterocycles. The van der Waals surface area contributed by atoms with Crippen molar-refractivity contribution in [1.29, 1.82) is 0 Å². The van der Waals surface area contributed by atoms with Crippen LogP contribution in [0.15, 0.2) is 48.5 Å². The molecule has 2 aliphatic heterocycles. The lowest BCUT2D eigenvalue weighted by atomic mass is 10.0. The van der Waals surface area contributed by atoms with Crippen molar-refractivity contribution >= 4 is 11.6 Å². The number of benzene rings is 2. The fourth-order valence-electron chi connectivity index (χ4n) is 4.94. The molecule has 2 saturated heterocycles. The van der Waals surface area contributed by atoms with Gasteiger partial charge in [0, 0.05) is 44.8 Å². The quantitative estimate of drug-likeness (QED) is 0.682. The maximum absolute atomic E-state index is 12.0. The van der Waals surface area contributed by atoms with Crippen LogP contribution in [0.2, 0.25) is 0 Å². The number of anilines is 1. The number of carbonyl (C=O) groups is 1. The standard InChI is InChI=1S/C26H35N3O/c1-3-29-25(13-14-26(29)30)23-11-9-22(10-12-23)7-5-15-27-16-18-28(19-17-27)24-8-4-6-21(2)20-24/h4,6,8-12,20,25H,3,5,7,13-19H2,1-2H3. The Bertz CT molecular complexity index is 840. The second-order valence-corrected chi connectivity index (χ2v) is 8.75. The summed E-state index contributed by atoms with van der Waals surface area (Å²) in [7, 11) is 0. The van der Waals surface area contributed by atoms with Crippen LogP contribution in [0.5, 0.6) is 0 Å². The third-order valence-electron chi connectivity index (χ3n) is 6.71. The third-order valence-corrected chi connectivity index (χ3v) is 6.71. The van der Waals surface area contributed by atoms with Crippen molar-refractivity contribution in [2.45, 2.75) is 45.6 Å². The van der Waals surface area contributed by atoms with Crippen molar-refractivity contribution < 1.29 is 4.79 Å². The van der Waals surface area contributed by atoms with Crippen LogP contribution in [-0.2, 0) is 11.2 Å². The predicted molar refractivity (Wildman–Crippen MR) is 124 cm³/mol. The topological polar surface area (TPSA) is 26.8 Å². The highest BCUT2D eigenvalue weighted by molar-refractivity contribution is 5.79. The molecule has 4 heteroatoms. The molecule has 0 aliphatic carbocycles. The predicted octanol–water partition coefficient (Wildman–Crippen LogP) is 4.43. The van der Waals surface area contributed by atoms with Gasteiger partial charge in [-0.05, 0) is 68.5 Å². The van der Waals surface area contributed by atoms with Gasteiger partial charge in [-0.15, -0.1) is 0 Å². The molecule has 0 N–H and O–H groups in total. The van der Waals surface area contributed by atoms with Gasteiger partial charge in [-0.2, -0.15) is 0 Å². The van der Waals surface area contributed by atoms with E-state index in [1.165, 1.54) is 35.3 Å². The van der Waals surface area contributed by atoms with Crippen LogP contribution in [-0.4, -0.2) is 55.0 Å². The molecule has 0 spiro atoms. The first-order valence-corrected chi connectivity index (χ1v) is 11.6. The second kappa shape index (κ2) is 9.65. The van der Waals surface area contributed by atoms with Gasteiger partial charge in [-0.1, -0.05) is 36.4 Å². The van der Waals surface area contributed by atoms with Crippen molar-refractivity contribution in [3.8, 4) is 0 Å². The molecule has 0 bridgehead atoms. The first-order valence-electron chi connectivity index (χ1n) is 11.6. The van der Waals surface area contributed by atoms with Crippen molar-refractivity contribution in [3.63, 3.8) is 0 Å². The average Bonchev–Trinajstić information content (AvgIpc) is 3.15. The number of carbonyl (C=O) groups excluding carboxylic acids is 1. The van der Waals surface area contributed by atoms with E-state index < -0.39 is 0 Å². The first-order chi connectivity index (χ1) is 14.6. The molecular weight excluding hydrogens is 370 g/mol. The summed E-state index contributed by atoms with van der Waals surface area (Å²) >= 11 is 0. The molecule has 1 unspecified atom stereocenters. The van der Waals surface area contributed by atoms with E-state index in [1.54, 1.807) is 0 Å². The summed E-state index contributed by atoms with van der Waals surface area (Å²) in [4.78, 5) is 19.1. The van der Waals surface area contributed by atoms with E-state index in [9.17, 15) is 4.79 Å². The Labute approximate surface area is 181 Å². The molecule has 30 heavy (non-hydrogen) atoms. The number of hydrogen-bond donors (Lipinski definition) is 0. The fourth-order valence-corrected chi connectivity index (χ4v) is 4.94. The van der Waals surface area contributed by atoms with E-state index in [0.717, 1.165) is 45.6 Å². The number of rotatable bonds is 7. The summed E-state index contributed by atoms with van der Waals surface area (Å²) in [6.07, 6.45) is 3.98. The van der Waals surface area contributed by atoms with Crippen LogP contribution in [0.1, 0.15) is 48.9 Å². The zero-order chi connectivity index (χ0) is 20.9. The molecule has 4 nitrogen and oxygen atoms in total. The smallest absolute Gasteiger partial charge is 0.223 e. The summed E-state index contributed by atoms with van der Waals surface area (Å²) in [5.74, 6) is 0.300. The molecule has 160 valence electrons. The van der Waals surface area contributed by atoms with Crippen molar-refractivity contribution in [3.05, 3.63) is 65.2 Å². The second-order valence-electron chi connectivity index (χ2n) is 8.75. The Morgan fingerprint density at radius 3 is 2.47 bits per heavy atom. The van der Waals surface area contributed by atoms with E-state index in [2.05, 4.69) is 72.2 Å². The average molecular weight is 406 g/mol. The summed E-state index contributed by atoms with van der Waals surface area (Å²) in [6.45, 7) is 10.8. The van der Waals surface area contributed by atoms with Gasteiger partial charge in [-0.3, -0.25) is 9.69 Å². The van der Waals surface area contributed by atoms with Gasteiger partial charge in [0.1, 0.15) is 0 Å². The van der Waals surface area contributed by atoms with Gasteiger partial charge in [0.05, 0.1) is 6.04 Å². The van der Waals surface area contributed by atoms with Crippen LogP contribution in [0.3, 0.4) is 0 Å². The number of nitrogens with zero attached hydrogens (tertiary/aromatic N) is 3. The zero-order valence-corrected chi connectivity index (χ0v) is 18.5. The van der Waals surface area contributed by atoms with Crippen LogP contribution < -0.4 is 4.90 Å². The molecule has 4 rings (SSSR count). The molecular formula is C26H35N3O. The summed E-state index contributed by atoms with van der Waals surface area (Å²) < 4.78 is 0. The largest absolute Gasteiger partial charge is 0.369 e. The SMILES string of the molecule is CCN1C(=O)CCC1c1ccc(CCCN2CCN(c3cccc(C)c3)CC2)cc1. The third kappa shape index (κ3) is 4.86. The zero-order valence-electron chi connectivity index (χ0n) is 18.5. The number of hydrogen-bond acceptors (Lipinski definition) is 3. The molecule has 2 aromatic rings. The first kappa shape index (κ1) is 20.9. The molecule has 1 amide bonds. The normalized spacial score (nSPS) is 20.2. The minimum absolute atomic E-state index is 0.279.